The van der Waals surface area contributed by atoms with E-state index in [9.17, 15) is 4.39 Å². The van der Waals surface area contributed by atoms with E-state index in [1.165, 1.54) is 10.9 Å². The van der Waals surface area contributed by atoms with E-state index in [-0.39, 0.29) is 28.1 Å². The molecule has 1 heterocycles. The lowest BCUT2D eigenvalue weighted by molar-refractivity contribution is 0.628. The molecule has 0 radical (unpaired) electrons. The lowest BCUT2D eigenvalue weighted by Crippen LogP contribution is -2.19. The van der Waals surface area contributed by atoms with Crippen LogP contribution < -0.4 is 16.8 Å². The van der Waals surface area contributed by atoms with Gasteiger partial charge in [-0.15, -0.1) is 11.3 Å². The molecule has 5 N–H and O–H groups in total. The van der Waals surface area contributed by atoms with E-state index in [1.54, 1.807) is 11.3 Å². The number of hydrogen-bond acceptors (Lipinski definition) is 4. The molecule has 19 heavy (non-hydrogen) atoms. The van der Waals surface area contributed by atoms with Gasteiger partial charge in [0.15, 0.2) is 5.82 Å². The molecule has 0 spiro atoms. The van der Waals surface area contributed by atoms with Gasteiger partial charge in [0.1, 0.15) is 5.02 Å². The molecule has 102 valence electrons. The standard InChI is InChI=1S/C13H15ClFN3S/c1-7(5-8-3-2-4-19-8)18-13-10(17)6-9(16)11(14)12(13)15/h2-4,6-7,18H,5,16-17H2,1H3. The lowest BCUT2D eigenvalue weighted by Gasteiger charge is -2.18. The van der Waals surface area contributed by atoms with Crippen molar-refractivity contribution >= 4 is 40.0 Å². The minimum atomic E-state index is -0.600. The highest BCUT2D eigenvalue weighted by Gasteiger charge is 2.16. The van der Waals surface area contributed by atoms with E-state index < -0.39 is 5.82 Å². The molecule has 0 aliphatic heterocycles. The summed E-state index contributed by atoms with van der Waals surface area (Å²) in [5.74, 6) is -0.600. The maximum atomic E-state index is 14.0. The average Bonchev–Trinajstić information content (AvgIpc) is 2.85. The highest BCUT2D eigenvalue weighted by molar-refractivity contribution is 7.09. The van der Waals surface area contributed by atoms with Crippen molar-refractivity contribution in [3.8, 4) is 0 Å². The zero-order valence-corrected chi connectivity index (χ0v) is 12.0. The van der Waals surface area contributed by atoms with Crippen LogP contribution in [0.2, 0.25) is 5.02 Å². The molecule has 6 heteroatoms. The summed E-state index contributed by atoms with van der Waals surface area (Å²) < 4.78 is 14.0. The first-order valence-corrected chi connectivity index (χ1v) is 7.06. The summed E-state index contributed by atoms with van der Waals surface area (Å²) in [6.45, 7) is 1.96. The van der Waals surface area contributed by atoms with Gasteiger partial charge in [0.25, 0.3) is 0 Å². The van der Waals surface area contributed by atoms with Crippen molar-refractivity contribution in [1.29, 1.82) is 0 Å². The average molecular weight is 300 g/mol. The number of hydrogen-bond donors (Lipinski definition) is 3. The predicted octanol–water partition coefficient (Wildman–Crippen LogP) is 3.75. The molecule has 1 unspecified atom stereocenters. The van der Waals surface area contributed by atoms with Crippen LogP contribution in [0.25, 0.3) is 0 Å². The third-order valence-corrected chi connectivity index (χ3v) is 4.03. The number of thiophene rings is 1. The molecular formula is C13H15ClFN3S. The van der Waals surface area contributed by atoms with Crippen LogP contribution in [0.1, 0.15) is 11.8 Å². The van der Waals surface area contributed by atoms with Gasteiger partial charge in [-0.3, -0.25) is 0 Å². The molecule has 3 nitrogen and oxygen atoms in total. The Labute approximate surface area is 120 Å². The van der Waals surface area contributed by atoms with Crippen LogP contribution in [0.5, 0.6) is 0 Å². The molecule has 2 aromatic rings. The van der Waals surface area contributed by atoms with Crippen molar-refractivity contribution in [2.24, 2.45) is 0 Å². The fourth-order valence-electron chi connectivity index (χ4n) is 1.84. The van der Waals surface area contributed by atoms with Crippen LogP contribution in [-0.2, 0) is 6.42 Å². The monoisotopic (exact) mass is 299 g/mol. The Bertz CT molecular complexity index is 572. The van der Waals surface area contributed by atoms with E-state index in [2.05, 4.69) is 5.32 Å². The van der Waals surface area contributed by atoms with Gasteiger partial charge in [0.2, 0.25) is 0 Å². The highest BCUT2D eigenvalue weighted by atomic mass is 35.5. The van der Waals surface area contributed by atoms with Gasteiger partial charge in [-0.1, -0.05) is 17.7 Å². The van der Waals surface area contributed by atoms with Gasteiger partial charge in [-0.25, -0.2) is 4.39 Å². The fraction of sp³-hybridized carbons (Fsp3) is 0.231. The Hall–Kier alpha value is -1.46. The molecule has 0 aliphatic carbocycles. The molecule has 2 rings (SSSR count). The van der Waals surface area contributed by atoms with Crippen LogP contribution in [0.15, 0.2) is 23.6 Å². The summed E-state index contributed by atoms with van der Waals surface area (Å²) in [5.41, 5.74) is 11.9. The number of nitrogen functional groups attached to an aromatic ring is 2. The van der Waals surface area contributed by atoms with Crippen LogP contribution in [0, 0.1) is 5.82 Å². The number of halogens is 2. The van der Waals surface area contributed by atoms with Crippen molar-refractivity contribution in [3.05, 3.63) is 39.3 Å². The van der Waals surface area contributed by atoms with Crippen LogP contribution >= 0.6 is 22.9 Å². The molecular weight excluding hydrogens is 285 g/mol. The van der Waals surface area contributed by atoms with E-state index in [0.717, 1.165) is 6.42 Å². The highest BCUT2D eigenvalue weighted by Crippen LogP contribution is 2.34. The SMILES string of the molecule is CC(Cc1cccs1)Nc1c(N)cc(N)c(Cl)c1F. The summed E-state index contributed by atoms with van der Waals surface area (Å²) >= 11 is 7.45. The van der Waals surface area contributed by atoms with Gasteiger partial charge in [-0.2, -0.15) is 0 Å². The van der Waals surface area contributed by atoms with Gasteiger partial charge in [0, 0.05) is 17.3 Å². The predicted molar refractivity (Wildman–Crippen MR) is 81.3 cm³/mol. The number of nitrogens with two attached hydrogens (primary N) is 2. The minimum Gasteiger partial charge on any atom is -0.397 e. The van der Waals surface area contributed by atoms with Crippen LogP contribution in [0.4, 0.5) is 21.5 Å². The van der Waals surface area contributed by atoms with Crippen molar-refractivity contribution in [3.63, 3.8) is 0 Å². The zero-order valence-electron chi connectivity index (χ0n) is 10.4. The quantitative estimate of drug-likeness (QED) is 0.753. The Morgan fingerprint density at radius 1 is 1.42 bits per heavy atom. The third-order valence-electron chi connectivity index (χ3n) is 2.74. The van der Waals surface area contributed by atoms with Crippen LogP contribution in [-0.4, -0.2) is 6.04 Å². The maximum Gasteiger partial charge on any atom is 0.169 e. The van der Waals surface area contributed by atoms with Crippen molar-refractivity contribution in [2.75, 3.05) is 16.8 Å². The lowest BCUT2D eigenvalue weighted by atomic mass is 10.1. The fourth-order valence-corrected chi connectivity index (χ4v) is 2.83. The Morgan fingerprint density at radius 3 is 2.79 bits per heavy atom. The molecule has 1 aromatic carbocycles. The van der Waals surface area contributed by atoms with Crippen molar-refractivity contribution in [2.45, 2.75) is 19.4 Å². The van der Waals surface area contributed by atoms with E-state index in [4.69, 9.17) is 23.1 Å². The molecule has 0 saturated carbocycles. The molecule has 0 amide bonds. The second-order valence-corrected chi connectivity index (χ2v) is 5.80. The molecule has 0 saturated heterocycles. The summed E-state index contributed by atoms with van der Waals surface area (Å²) in [6.07, 6.45) is 0.790. The largest absolute Gasteiger partial charge is 0.397 e. The number of nitrogens with one attached hydrogen (secondary N) is 1. The van der Waals surface area contributed by atoms with Crippen LogP contribution in [0.3, 0.4) is 0 Å². The van der Waals surface area contributed by atoms with Gasteiger partial charge in [0.05, 0.1) is 17.1 Å². The molecule has 0 fully saturated rings. The second kappa shape index (κ2) is 5.67. The Morgan fingerprint density at radius 2 is 2.16 bits per heavy atom. The number of anilines is 3. The topological polar surface area (TPSA) is 64.1 Å². The van der Waals surface area contributed by atoms with Crippen molar-refractivity contribution in [1.82, 2.24) is 0 Å². The van der Waals surface area contributed by atoms with E-state index >= 15 is 0 Å². The first kappa shape index (κ1) is 14.0. The first-order chi connectivity index (χ1) is 8.99. The smallest absolute Gasteiger partial charge is 0.169 e. The summed E-state index contributed by atoms with van der Waals surface area (Å²) in [4.78, 5) is 1.22. The number of benzene rings is 1. The second-order valence-electron chi connectivity index (χ2n) is 4.39. The van der Waals surface area contributed by atoms with Gasteiger partial charge >= 0.3 is 0 Å². The van der Waals surface area contributed by atoms with E-state index in [0.29, 0.717) is 0 Å². The Balaban J connectivity index is 2.17. The van der Waals surface area contributed by atoms with E-state index in [1.807, 2.05) is 24.4 Å². The summed E-state index contributed by atoms with van der Waals surface area (Å²) in [5, 5.41) is 4.97. The molecule has 0 aliphatic rings. The molecule has 1 atom stereocenters. The maximum absolute atomic E-state index is 14.0. The number of rotatable bonds is 4. The third kappa shape index (κ3) is 3.11. The first-order valence-electron chi connectivity index (χ1n) is 5.81. The molecule has 0 bridgehead atoms. The van der Waals surface area contributed by atoms with Gasteiger partial charge in [-0.05, 0) is 24.4 Å². The summed E-state index contributed by atoms with van der Waals surface area (Å²) in [7, 11) is 0. The van der Waals surface area contributed by atoms with Crippen molar-refractivity contribution < 1.29 is 4.39 Å². The Kier molecular flexibility index (Phi) is 4.17. The zero-order chi connectivity index (χ0) is 14.0. The molecule has 1 aromatic heterocycles. The normalized spacial score (nSPS) is 12.4. The minimum absolute atomic E-state index is 0.0372. The van der Waals surface area contributed by atoms with Gasteiger partial charge < -0.3 is 16.8 Å². The summed E-state index contributed by atoms with van der Waals surface area (Å²) in [6, 6.07) is 5.53.